The molecule has 2 fully saturated rings. The van der Waals surface area contributed by atoms with Crippen molar-refractivity contribution in [2.75, 3.05) is 6.61 Å². The first-order valence-corrected chi connectivity index (χ1v) is 13.4. The normalized spacial score (nSPS) is 36.3. The number of aryl methyl sites for hydroxylation is 1. The van der Waals surface area contributed by atoms with Gasteiger partial charge in [-0.2, -0.15) is 9.79 Å². The van der Waals surface area contributed by atoms with Crippen molar-refractivity contribution < 1.29 is 62.3 Å². The summed E-state index contributed by atoms with van der Waals surface area (Å²) in [7, 11) is -10.8. The summed E-state index contributed by atoms with van der Waals surface area (Å²) in [6, 6.07) is -1.18. The van der Waals surface area contributed by atoms with Crippen LogP contribution in [0.3, 0.4) is 0 Å². The standard InChI is InChI=1S/C16H27N3O15P2/c1-6-4-19(16(24)17-14(6)23)10-3-8(20)9(32-10)5-30-35(26,27)34-36(28,29)33-15-13(22)12(21)11(18-25)7(2)31-15/h4,7-13,15,18,20-22,25H,3,5H2,1-2H3,(H,26,27)(H,28,29)(H,17,23,24)/t7-,8+,9-,10-,11-,12+,13-,15-/m1/s1. The molecule has 0 aliphatic carbocycles. The van der Waals surface area contributed by atoms with Gasteiger partial charge in [-0.1, -0.05) is 0 Å². The highest BCUT2D eigenvalue weighted by Crippen LogP contribution is 2.61. The monoisotopic (exact) mass is 563 g/mol. The molecule has 206 valence electrons. The zero-order valence-corrected chi connectivity index (χ0v) is 20.6. The summed E-state index contributed by atoms with van der Waals surface area (Å²) < 4.78 is 49.3. The molecule has 1 aromatic heterocycles. The summed E-state index contributed by atoms with van der Waals surface area (Å²) in [6.07, 6.45) is -9.29. The van der Waals surface area contributed by atoms with Gasteiger partial charge in [0.1, 0.15) is 24.5 Å². The van der Waals surface area contributed by atoms with Gasteiger partial charge in [0.05, 0.1) is 24.9 Å². The minimum Gasteiger partial charge on any atom is -0.390 e. The molecule has 3 rings (SSSR count). The summed E-state index contributed by atoms with van der Waals surface area (Å²) in [5.74, 6) is 0. The van der Waals surface area contributed by atoms with E-state index >= 15 is 0 Å². The average Bonchev–Trinajstić information content (AvgIpc) is 3.12. The molecule has 3 heterocycles. The number of nitrogens with zero attached hydrogens (tertiary/aromatic N) is 1. The first-order valence-electron chi connectivity index (χ1n) is 10.4. The van der Waals surface area contributed by atoms with E-state index in [0.717, 1.165) is 4.57 Å². The van der Waals surface area contributed by atoms with Gasteiger partial charge in [0.2, 0.25) is 0 Å². The van der Waals surface area contributed by atoms with Crippen molar-refractivity contribution in [3.63, 3.8) is 0 Å². The molecule has 0 spiro atoms. The molecular weight excluding hydrogens is 536 g/mol. The first kappa shape index (κ1) is 29.2. The molecule has 0 aromatic carbocycles. The predicted octanol–water partition coefficient (Wildman–Crippen LogP) is -2.44. The Morgan fingerprint density at radius 2 is 1.83 bits per heavy atom. The van der Waals surface area contributed by atoms with Crippen molar-refractivity contribution in [3.8, 4) is 0 Å². The summed E-state index contributed by atoms with van der Waals surface area (Å²) in [5, 5.41) is 39.1. The Balaban J connectivity index is 1.59. The summed E-state index contributed by atoms with van der Waals surface area (Å²) in [5.41, 5.74) is 0.470. The van der Waals surface area contributed by atoms with Gasteiger partial charge < -0.3 is 39.8 Å². The number of aromatic amines is 1. The molecule has 0 saturated carbocycles. The number of ether oxygens (including phenoxy) is 2. The zero-order chi connectivity index (χ0) is 27.0. The Hall–Kier alpha value is -1.34. The molecule has 10 atom stereocenters. The Kier molecular flexibility index (Phi) is 9.08. The maximum absolute atomic E-state index is 12.2. The van der Waals surface area contributed by atoms with Crippen LogP contribution < -0.4 is 16.7 Å². The Morgan fingerprint density at radius 3 is 2.47 bits per heavy atom. The number of aliphatic hydroxyl groups is 3. The van der Waals surface area contributed by atoms with E-state index in [2.05, 4.69) is 18.3 Å². The van der Waals surface area contributed by atoms with E-state index in [1.165, 1.54) is 20.0 Å². The lowest BCUT2D eigenvalue weighted by Gasteiger charge is -2.40. The lowest BCUT2D eigenvalue weighted by molar-refractivity contribution is -0.255. The van der Waals surface area contributed by atoms with Crippen LogP contribution in [-0.4, -0.2) is 89.3 Å². The third-order valence-electron chi connectivity index (χ3n) is 5.51. The second-order valence-electron chi connectivity index (χ2n) is 8.18. The molecule has 0 amide bonds. The number of hydrogen-bond acceptors (Lipinski definition) is 14. The largest absolute Gasteiger partial charge is 0.483 e. The van der Waals surface area contributed by atoms with Crippen molar-refractivity contribution in [2.45, 2.75) is 69.3 Å². The van der Waals surface area contributed by atoms with E-state index in [1.54, 1.807) is 5.48 Å². The lowest BCUT2D eigenvalue weighted by Crippen LogP contribution is -2.61. The van der Waals surface area contributed by atoms with Gasteiger partial charge in [0.25, 0.3) is 5.56 Å². The van der Waals surface area contributed by atoms with E-state index in [4.69, 9.17) is 14.7 Å². The maximum atomic E-state index is 12.2. The molecule has 18 nitrogen and oxygen atoms in total. The highest BCUT2D eigenvalue weighted by Gasteiger charge is 2.48. The third kappa shape index (κ3) is 6.75. The molecule has 2 aliphatic heterocycles. The van der Waals surface area contributed by atoms with Gasteiger partial charge in [-0.3, -0.25) is 23.4 Å². The molecule has 0 bridgehead atoms. The minimum absolute atomic E-state index is 0.154. The van der Waals surface area contributed by atoms with Crippen LogP contribution in [-0.2, 0) is 32.0 Å². The maximum Gasteiger partial charge on any atom is 0.483 e. The van der Waals surface area contributed by atoms with Gasteiger partial charge in [-0.15, -0.1) is 0 Å². The zero-order valence-electron chi connectivity index (χ0n) is 18.8. The number of nitrogens with one attached hydrogen (secondary N) is 2. The van der Waals surface area contributed by atoms with Crippen LogP contribution in [0, 0.1) is 6.92 Å². The SMILES string of the molecule is Cc1cn([C@H]2C[C@H](O)[C@@H](COP(=O)(O)OP(=O)(O)O[C@H]3O[C@H](C)[C@@H](NO)[C@H](O)[C@H]3O)O2)c(=O)[nH]c1=O. The fourth-order valence-electron chi connectivity index (χ4n) is 3.60. The Morgan fingerprint density at radius 1 is 1.17 bits per heavy atom. The number of hydroxylamine groups is 1. The van der Waals surface area contributed by atoms with Gasteiger partial charge >= 0.3 is 21.3 Å². The Bertz CT molecular complexity index is 1140. The van der Waals surface area contributed by atoms with E-state index in [1.807, 2.05) is 0 Å². The van der Waals surface area contributed by atoms with Crippen LogP contribution in [0.1, 0.15) is 25.1 Å². The number of rotatable bonds is 9. The van der Waals surface area contributed by atoms with E-state index < -0.39 is 82.6 Å². The number of phosphoric ester groups is 2. The molecule has 36 heavy (non-hydrogen) atoms. The molecule has 20 heteroatoms. The van der Waals surface area contributed by atoms with E-state index in [0.29, 0.717) is 0 Å². The molecule has 2 saturated heterocycles. The first-order chi connectivity index (χ1) is 16.6. The van der Waals surface area contributed by atoms with Crippen molar-refractivity contribution in [1.82, 2.24) is 15.0 Å². The Labute approximate surface area is 202 Å². The quantitative estimate of drug-likeness (QED) is 0.114. The highest BCUT2D eigenvalue weighted by atomic mass is 31.3. The molecule has 1 aromatic rings. The van der Waals surface area contributed by atoms with Crippen LogP contribution in [0.5, 0.6) is 0 Å². The highest BCUT2D eigenvalue weighted by molar-refractivity contribution is 7.61. The van der Waals surface area contributed by atoms with Crippen LogP contribution in [0.15, 0.2) is 15.8 Å². The smallest absolute Gasteiger partial charge is 0.390 e. The molecule has 0 radical (unpaired) electrons. The van der Waals surface area contributed by atoms with Crippen LogP contribution in [0.4, 0.5) is 0 Å². The second-order valence-corrected chi connectivity index (χ2v) is 11.2. The minimum atomic E-state index is -5.45. The van der Waals surface area contributed by atoms with Gasteiger partial charge in [-0.05, 0) is 13.8 Å². The summed E-state index contributed by atoms with van der Waals surface area (Å²) in [4.78, 5) is 45.3. The van der Waals surface area contributed by atoms with Gasteiger partial charge in [-0.25, -0.2) is 13.9 Å². The number of H-pyrrole nitrogens is 1. The predicted molar refractivity (Wildman–Crippen MR) is 113 cm³/mol. The number of hydrogen-bond donors (Lipinski definition) is 8. The molecule has 2 aliphatic rings. The topological polar surface area (TPSA) is 269 Å². The van der Waals surface area contributed by atoms with Crippen molar-refractivity contribution in [1.29, 1.82) is 0 Å². The molecule has 2 unspecified atom stereocenters. The van der Waals surface area contributed by atoms with Crippen LogP contribution in [0.2, 0.25) is 0 Å². The third-order valence-corrected chi connectivity index (χ3v) is 8.11. The molecular formula is C16H27N3O15P2. The second kappa shape index (κ2) is 11.2. The van der Waals surface area contributed by atoms with Crippen molar-refractivity contribution in [3.05, 3.63) is 32.6 Å². The van der Waals surface area contributed by atoms with Crippen molar-refractivity contribution >= 4 is 15.6 Å². The summed E-state index contributed by atoms with van der Waals surface area (Å²) in [6.45, 7) is 1.94. The lowest BCUT2D eigenvalue weighted by atomic mass is 9.98. The van der Waals surface area contributed by atoms with E-state index in [9.17, 15) is 43.8 Å². The van der Waals surface area contributed by atoms with E-state index in [-0.39, 0.29) is 12.0 Å². The van der Waals surface area contributed by atoms with Gasteiger partial charge in [0.15, 0.2) is 6.29 Å². The number of aliphatic hydroxyl groups excluding tert-OH is 3. The van der Waals surface area contributed by atoms with Crippen molar-refractivity contribution in [2.24, 2.45) is 0 Å². The fourth-order valence-corrected chi connectivity index (χ4v) is 5.76. The fraction of sp³-hybridized carbons (Fsp3) is 0.750. The van der Waals surface area contributed by atoms with Crippen LogP contribution in [0.25, 0.3) is 0 Å². The molecule has 8 N–H and O–H groups in total. The van der Waals surface area contributed by atoms with Crippen LogP contribution >= 0.6 is 15.6 Å². The summed E-state index contributed by atoms with van der Waals surface area (Å²) >= 11 is 0. The number of phosphoric acid groups is 2. The average molecular weight is 563 g/mol. The van der Waals surface area contributed by atoms with Gasteiger partial charge in [0, 0.05) is 18.2 Å². The number of aromatic nitrogens is 2.